The second kappa shape index (κ2) is 8.89. The van der Waals surface area contributed by atoms with E-state index in [0.29, 0.717) is 49.7 Å². The number of nitro benzene ring substituents is 1. The quantitative estimate of drug-likeness (QED) is 0.443. The van der Waals surface area contributed by atoms with Gasteiger partial charge in [0.05, 0.1) is 16.2 Å². The van der Waals surface area contributed by atoms with Gasteiger partial charge >= 0.3 is 0 Å². The van der Waals surface area contributed by atoms with Gasteiger partial charge in [-0.05, 0) is 38.1 Å². The zero-order valence-corrected chi connectivity index (χ0v) is 16.9. The summed E-state index contributed by atoms with van der Waals surface area (Å²) >= 11 is 0. The van der Waals surface area contributed by atoms with Gasteiger partial charge in [0.1, 0.15) is 5.82 Å². The van der Waals surface area contributed by atoms with Crippen molar-refractivity contribution < 1.29 is 18.9 Å². The van der Waals surface area contributed by atoms with Crippen LogP contribution >= 0.6 is 0 Å². The maximum atomic E-state index is 14.4. The number of carbonyl (C=O) groups is 2. The van der Waals surface area contributed by atoms with Crippen molar-refractivity contribution in [1.29, 1.82) is 0 Å². The molecule has 0 spiro atoms. The van der Waals surface area contributed by atoms with E-state index >= 15 is 0 Å². The Morgan fingerprint density at radius 1 is 1.13 bits per heavy atom. The molecule has 1 aliphatic heterocycles. The maximum absolute atomic E-state index is 14.4. The number of nitro groups is 1. The third kappa shape index (κ3) is 4.40. The third-order valence-electron chi connectivity index (χ3n) is 5.07. The Labute approximate surface area is 173 Å². The molecule has 0 saturated carbocycles. The van der Waals surface area contributed by atoms with Gasteiger partial charge in [0.15, 0.2) is 5.78 Å². The maximum Gasteiger partial charge on any atom is 0.270 e. The van der Waals surface area contributed by atoms with Gasteiger partial charge < -0.3 is 15.1 Å². The highest BCUT2D eigenvalue weighted by Crippen LogP contribution is 2.26. The number of nitrogens with zero attached hydrogens (tertiary/aromatic N) is 3. The first-order chi connectivity index (χ1) is 14.3. The van der Waals surface area contributed by atoms with Crippen molar-refractivity contribution in [2.45, 2.75) is 13.8 Å². The molecule has 9 heteroatoms. The van der Waals surface area contributed by atoms with E-state index in [4.69, 9.17) is 0 Å². The number of rotatable bonds is 6. The Morgan fingerprint density at radius 3 is 2.40 bits per heavy atom. The van der Waals surface area contributed by atoms with Gasteiger partial charge in [-0.25, -0.2) is 4.39 Å². The molecule has 2 aromatic rings. The fourth-order valence-corrected chi connectivity index (χ4v) is 3.47. The summed E-state index contributed by atoms with van der Waals surface area (Å²) in [5.41, 5.74) is 1.34. The molecule has 1 aliphatic rings. The Kier molecular flexibility index (Phi) is 6.29. The minimum atomic E-state index is -0.530. The zero-order chi connectivity index (χ0) is 21.8. The molecule has 2 aromatic carbocycles. The summed E-state index contributed by atoms with van der Waals surface area (Å²) < 4.78 is 14.4. The molecule has 0 atom stereocenters. The predicted octanol–water partition coefficient (Wildman–Crippen LogP) is 3.33. The standard InChI is InChI=1S/C21H23FN4O4/c1-3-23-19-6-5-16(26(29)30)13-17(19)21(28)25-10-8-24(9-11-25)20-7-4-15(14(2)27)12-18(20)22/h4-7,12-13,23H,3,8-11H2,1-2H3. The average molecular weight is 414 g/mol. The number of halogens is 1. The lowest BCUT2D eigenvalue weighted by atomic mass is 10.1. The van der Waals surface area contributed by atoms with Crippen LogP contribution in [0.3, 0.4) is 0 Å². The molecule has 0 aliphatic carbocycles. The minimum absolute atomic E-state index is 0.147. The molecule has 30 heavy (non-hydrogen) atoms. The molecule has 3 rings (SSSR count). The van der Waals surface area contributed by atoms with Crippen molar-refractivity contribution in [3.8, 4) is 0 Å². The summed E-state index contributed by atoms with van der Waals surface area (Å²) in [4.78, 5) is 38.5. The highest BCUT2D eigenvalue weighted by molar-refractivity contribution is 6.00. The lowest BCUT2D eigenvalue weighted by Crippen LogP contribution is -2.49. The third-order valence-corrected chi connectivity index (χ3v) is 5.07. The molecule has 8 nitrogen and oxygen atoms in total. The van der Waals surface area contributed by atoms with Crippen LogP contribution < -0.4 is 10.2 Å². The SMILES string of the molecule is CCNc1ccc([N+](=O)[O-])cc1C(=O)N1CCN(c2ccc(C(C)=O)cc2F)CC1. The van der Waals surface area contributed by atoms with Gasteiger partial charge in [0.2, 0.25) is 0 Å². The number of Topliss-reactive ketones (excluding diaryl/α,β-unsaturated/α-hetero) is 1. The fourth-order valence-electron chi connectivity index (χ4n) is 3.47. The van der Waals surface area contributed by atoms with Gasteiger partial charge in [-0.3, -0.25) is 19.7 Å². The first-order valence-electron chi connectivity index (χ1n) is 9.68. The number of hydrogen-bond donors (Lipinski definition) is 1. The number of non-ortho nitro benzene ring substituents is 1. The average Bonchev–Trinajstić information content (AvgIpc) is 2.73. The van der Waals surface area contributed by atoms with E-state index in [1.807, 2.05) is 11.8 Å². The topological polar surface area (TPSA) is 95.8 Å². The van der Waals surface area contributed by atoms with Gasteiger partial charge in [-0.1, -0.05) is 0 Å². The number of carbonyl (C=O) groups excluding carboxylic acids is 2. The van der Waals surface area contributed by atoms with Crippen LogP contribution in [0.5, 0.6) is 0 Å². The molecule has 0 radical (unpaired) electrons. The van der Waals surface area contributed by atoms with Crippen LogP contribution in [0.15, 0.2) is 36.4 Å². The molecule has 0 aromatic heterocycles. The summed E-state index contributed by atoms with van der Waals surface area (Å²) in [7, 11) is 0. The molecule has 1 fully saturated rings. The van der Waals surface area contributed by atoms with Gasteiger partial charge in [-0.15, -0.1) is 0 Å². The van der Waals surface area contributed by atoms with Crippen LogP contribution in [0.25, 0.3) is 0 Å². The van der Waals surface area contributed by atoms with Gasteiger partial charge in [-0.2, -0.15) is 0 Å². The smallest absolute Gasteiger partial charge is 0.270 e. The molecule has 0 bridgehead atoms. The minimum Gasteiger partial charge on any atom is -0.385 e. The van der Waals surface area contributed by atoms with E-state index in [0.717, 1.165) is 0 Å². The monoisotopic (exact) mass is 414 g/mol. The molecule has 1 amide bonds. The van der Waals surface area contributed by atoms with Crippen molar-refractivity contribution in [1.82, 2.24) is 4.90 Å². The molecule has 0 unspecified atom stereocenters. The van der Waals surface area contributed by atoms with Gasteiger partial charge in [0.25, 0.3) is 11.6 Å². The van der Waals surface area contributed by atoms with E-state index in [2.05, 4.69) is 5.32 Å². The van der Waals surface area contributed by atoms with Crippen LogP contribution in [-0.4, -0.2) is 54.2 Å². The Bertz CT molecular complexity index is 987. The second-order valence-electron chi connectivity index (χ2n) is 7.02. The highest BCUT2D eigenvalue weighted by Gasteiger charge is 2.26. The zero-order valence-electron chi connectivity index (χ0n) is 16.9. The van der Waals surface area contributed by atoms with Crippen LogP contribution in [0.4, 0.5) is 21.5 Å². The van der Waals surface area contributed by atoms with E-state index in [9.17, 15) is 24.1 Å². The number of benzene rings is 2. The Morgan fingerprint density at radius 2 is 1.83 bits per heavy atom. The second-order valence-corrected chi connectivity index (χ2v) is 7.02. The Balaban J connectivity index is 1.75. The van der Waals surface area contributed by atoms with E-state index in [1.54, 1.807) is 17.0 Å². The fraction of sp³-hybridized carbons (Fsp3) is 0.333. The molecule has 1 heterocycles. The normalized spacial score (nSPS) is 13.8. The number of anilines is 2. The van der Waals surface area contributed by atoms with Crippen LogP contribution in [0, 0.1) is 15.9 Å². The highest BCUT2D eigenvalue weighted by atomic mass is 19.1. The lowest BCUT2D eigenvalue weighted by molar-refractivity contribution is -0.384. The number of nitrogens with one attached hydrogen (secondary N) is 1. The largest absolute Gasteiger partial charge is 0.385 e. The van der Waals surface area contributed by atoms with Crippen molar-refractivity contribution in [3.05, 3.63) is 63.5 Å². The van der Waals surface area contributed by atoms with Crippen molar-refractivity contribution in [3.63, 3.8) is 0 Å². The van der Waals surface area contributed by atoms with Gasteiger partial charge in [0, 0.05) is 56.1 Å². The summed E-state index contributed by atoms with van der Waals surface area (Å²) in [5.74, 6) is -0.985. The van der Waals surface area contributed by atoms with Crippen molar-refractivity contribution in [2.75, 3.05) is 42.9 Å². The van der Waals surface area contributed by atoms with Crippen LogP contribution in [-0.2, 0) is 0 Å². The number of ketones is 1. The summed E-state index contributed by atoms with van der Waals surface area (Å²) in [6.07, 6.45) is 0. The van der Waals surface area contributed by atoms with E-state index in [1.165, 1.54) is 31.2 Å². The molecule has 1 N–H and O–H groups in total. The molecular weight excluding hydrogens is 391 g/mol. The first-order valence-corrected chi connectivity index (χ1v) is 9.68. The number of piperazine rings is 1. The molecular formula is C21H23FN4O4. The van der Waals surface area contributed by atoms with Crippen molar-refractivity contribution in [2.24, 2.45) is 0 Å². The number of amides is 1. The lowest BCUT2D eigenvalue weighted by Gasteiger charge is -2.36. The van der Waals surface area contributed by atoms with E-state index < -0.39 is 10.7 Å². The van der Waals surface area contributed by atoms with Crippen LogP contribution in [0.1, 0.15) is 34.6 Å². The van der Waals surface area contributed by atoms with E-state index in [-0.39, 0.29) is 22.9 Å². The Hall–Kier alpha value is -3.49. The van der Waals surface area contributed by atoms with Crippen LogP contribution in [0.2, 0.25) is 0 Å². The summed E-state index contributed by atoms with van der Waals surface area (Å²) in [6.45, 7) is 5.35. The van der Waals surface area contributed by atoms with Crippen molar-refractivity contribution >= 4 is 28.8 Å². The number of hydrogen-bond acceptors (Lipinski definition) is 6. The summed E-state index contributed by atoms with van der Waals surface area (Å²) in [5, 5.41) is 14.2. The predicted molar refractivity (Wildman–Crippen MR) is 112 cm³/mol. The summed E-state index contributed by atoms with van der Waals surface area (Å²) in [6, 6.07) is 8.57. The first kappa shape index (κ1) is 21.2. The molecule has 158 valence electrons. The molecule has 1 saturated heterocycles.